The van der Waals surface area contributed by atoms with Gasteiger partial charge in [0, 0.05) is 26.9 Å². The Hall–Kier alpha value is -2.60. The Kier molecular flexibility index (Phi) is 5.69. The zero-order valence-corrected chi connectivity index (χ0v) is 19.5. The van der Waals surface area contributed by atoms with Crippen LogP contribution in [0.2, 0.25) is 10.0 Å². The molecule has 4 aromatic rings. The standard InChI is InChI=1S/C24H20Cl2N2O2S/c1-24(2,3)28-23(30)21-19(26)16-10-6-12-18(20(16)31-21)27-22(29)15-9-4-8-14-13(15)7-5-11-17(14)25/h4-12H,1-3H3,(H,27,29)(H,28,30). The summed E-state index contributed by atoms with van der Waals surface area (Å²) in [5.41, 5.74) is 0.733. The molecule has 3 aromatic carbocycles. The van der Waals surface area contributed by atoms with Gasteiger partial charge in [-0.3, -0.25) is 9.59 Å². The van der Waals surface area contributed by atoms with Crippen LogP contribution in [0.1, 0.15) is 40.8 Å². The molecule has 2 N–H and O–H groups in total. The lowest BCUT2D eigenvalue weighted by Gasteiger charge is -2.19. The van der Waals surface area contributed by atoms with Crippen LogP contribution in [0.25, 0.3) is 20.9 Å². The van der Waals surface area contributed by atoms with Crippen LogP contribution < -0.4 is 10.6 Å². The van der Waals surface area contributed by atoms with E-state index in [-0.39, 0.29) is 17.4 Å². The number of fused-ring (bicyclic) bond motifs is 2. The smallest absolute Gasteiger partial charge is 0.263 e. The molecule has 0 radical (unpaired) electrons. The van der Waals surface area contributed by atoms with E-state index >= 15 is 0 Å². The minimum atomic E-state index is -0.386. The van der Waals surface area contributed by atoms with Crippen molar-refractivity contribution in [3.8, 4) is 0 Å². The largest absolute Gasteiger partial charge is 0.347 e. The third-order valence-electron chi connectivity index (χ3n) is 4.71. The molecule has 0 spiro atoms. The summed E-state index contributed by atoms with van der Waals surface area (Å²) in [5, 5.41) is 9.20. The van der Waals surface area contributed by atoms with Crippen LogP contribution in [0.15, 0.2) is 54.6 Å². The summed E-state index contributed by atoms with van der Waals surface area (Å²) in [4.78, 5) is 26.3. The fourth-order valence-corrected chi connectivity index (χ4v) is 5.10. The molecule has 1 heterocycles. The highest BCUT2D eigenvalue weighted by Gasteiger charge is 2.23. The number of carbonyl (C=O) groups excluding carboxylic acids is 2. The van der Waals surface area contributed by atoms with Gasteiger partial charge in [-0.15, -0.1) is 11.3 Å². The third-order valence-corrected chi connectivity index (χ3v) is 6.78. The lowest BCUT2D eigenvalue weighted by molar-refractivity contribution is 0.0923. The Morgan fingerprint density at radius 1 is 0.839 bits per heavy atom. The zero-order valence-electron chi connectivity index (χ0n) is 17.2. The number of amides is 2. The van der Waals surface area contributed by atoms with Crippen LogP contribution in [0.5, 0.6) is 0 Å². The lowest BCUT2D eigenvalue weighted by Crippen LogP contribution is -2.40. The highest BCUT2D eigenvalue weighted by molar-refractivity contribution is 7.22. The average Bonchev–Trinajstić information content (AvgIpc) is 3.05. The fraction of sp³-hybridized carbons (Fsp3) is 0.167. The highest BCUT2D eigenvalue weighted by atomic mass is 35.5. The number of hydrogen-bond donors (Lipinski definition) is 2. The molecule has 158 valence electrons. The first-order valence-electron chi connectivity index (χ1n) is 9.68. The normalized spacial score (nSPS) is 11.6. The molecule has 2 amide bonds. The predicted octanol–water partition coefficient (Wildman–Crippen LogP) is 7.14. The Labute approximate surface area is 194 Å². The first-order chi connectivity index (χ1) is 14.7. The number of thiophene rings is 1. The summed E-state index contributed by atoms with van der Waals surface area (Å²) >= 11 is 14.1. The van der Waals surface area contributed by atoms with Crippen molar-refractivity contribution >= 4 is 72.9 Å². The van der Waals surface area contributed by atoms with Gasteiger partial charge in [-0.25, -0.2) is 0 Å². The molecule has 4 rings (SSSR count). The van der Waals surface area contributed by atoms with Crippen LogP contribution in [-0.4, -0.2) is 17.4 Å². The molecule has 1 aromatic heterocycles. The number of halogens is 2. The number of benzene rings is 3. The minimum absolute atomic E-state index is 0.236. The van der Waals surface area contributed by atoms with Gasteiger partial charge in [-0.2, -0.15) is 0 Å². The molecule has 0 aliphatic rings. The van der Waals surface area contributed by atoms with E-state index in [9.17, 15) is 9.59 Å². The molecule has 0 saturated heterocycles. The topological polar surface area (TPSA) is 58.2 Å². The second-order valence-corrected chi connectivity index (χ2v) is 10.0. The number of hydrogen-bond acceptors (Lipinski definition) is 3. The van der Waals surface area contributed by atoms with Gasteiger partial charge in [-0.05, 0) is 44.4 Å². The zero-order chi connectivity index (χ0) is 22.3. The molecule has 4 nitrogen and oxygen atoms in total. The molecule has 0 aliphatic carbocycles. The van der Waals surface area contributed by atoms with Gasteiger partial charge >= 0.3 is 0 Å². The number of nitrogens with one attached hydrogen (secondary N) is 2. The molecule has 0 fully saturated rings. The van der Waals surface area contributed by atoms with E-state index in [1.807, 2.05) is 51.1 Å². The maximum Gasteiger partial charge on any atom is 0.263 e. The van der Waals surface area contributed by atoms with E-state index in [0.717, 1.165) is 20.9 Å². The molecule has 7 heteroatoms. The SMILES string of the molecule is CC(C)(C)NC(=O)c1sc2c(NC(=O)c3cccc4c(Cl)cccc34)cccc2c1Cl. The predicted molar refractivity (Wildman–Crippen MR) is 131 cm³/mol. The van der Waals surface area contributed by atoms with Crippen molar-refractivity contribution < 1.29 is 9.59 Å². The van der Waals surface area contributed by atoms with Gasteiger partial charge in [0.05, 0.1) is 15.4 Å². The first kappa shape index (κ1) is 21.6. The van der Waals surface area contributed by atoms with Crippen molar-refractivity contribution in [2.45, 2.75) is 26.3 Å². The molecule has 0 bridgehead atoms. The van der Waals surface area contributed by atoms with Crippen LogP contribution >= 0.6 is 34.5 Å². The van der Waals surface area contributed by atoms with Gasteiger partial charge in [-0.1, -0.05) is 59.6 Å². The van der Waals surface area contributed by atoms with E-state index in [0.29, 0.717) is 26.2 Å². The molecule has 0 atom stereocenters. The fourth-order valence-electron chi connectivity index (χ4n) is 3.39. The summed E-state index contributed by atoms with van der Waals surface area (Å²) in [6.45, 7) is 5.73. The maximum atomic E-state index is 13.1. The molecule has 31 heavy (non-hydrogen) atoms. The van der Waals surface area contributed by atoms with Crippen molar-refractivity contribution in [1.29, 1.82) is 0 Å². The number of rotatable bonds is 3. The maximum absolute atomic E-state index is 13.1. The van der Waals surface area contributed by atoms with Crippen LogP contribution in [0.3, 0.4) is 0 Å². The van der Waals surface area contributed by atoms with Crippen LogP contribution in [0, 0.1) is 0 Å². The molecule has 0 saturated carbocycles. The third kappa shape index (κ3) is 4.26. The second-order valence-electron chi connectivity index (χ2n) is 8.23. The lowest BCUT2D eigenvalue weighted by atomic mass is 10.0. The van der Waals surface area contributed by atoms with Crippen molar-refractivity contribution in [1.82, 2.24) is 5.32 Å². The van der Waals surface area contributed by atoms with Gasteiger partial charge in [0.25, 0.3) is 11.8 Å². The molecule has 0 aliphatic heterocycles. The molecular weight excluding hydrogens is 451 g/mol. The second kappa shape index (κ2) is 8.15. The van der Waals surface area contributed by atoms with Crippen molar-refractivity contribution in [3.05, 3.63) is 75.1 Å². The summed E-state index contributed by atoms with van der Waals surface area (Å²) in [5.74, 6) is -0.495. The summed E-state index contributed by atoms with van der Waals surface area (Å²) in [6, 6.07) is 16.4. The van der Waals surface area contributed by atoms with Gasteiger partial charge in [0.2, 0.25) is 0 Å². The number of anilines is 1. The molecular formula is C24H20Cl2N2O2S. The van der Waals surface area contributed by atoms with E-state index < -0.39 is 0 Å². The van der Waals surface area contributed by atoms with E-state index in [4.69, 9.17) is 23.2 Å². The van der Waals surface area contributed by atoms with E-state index in [1.165, 1.54) is 11.3 Å². The quantitative estimate of drug-likeness (QED) is 0.334. The Bertz CT molecular complexity index is 1340. The Balaban J connectivity index is 1.73. The highest BCUT2D eigenvalue weighted by Crippen LogP contribution is 2.40. The van der Waals surface area contributed by atoms with Crippen LogP contribution in [0.4, 0.5) is 5.69 Å². The van der Waals surface area contributed by atoms with Crippen molar-refractivity contribution in [2.24, 2.45) is 0 Å². The van der Waals surface area contributed by atoms with Crippen molar-refractivity contribution in [3.63, 3.8) is 0 Å². The summed E-state index contributed by atoms with van der Waals surface area (Å²) < 4.78 is 0.748. The molecule has 0 unspecified atom stereocenters. The van der Waals surface area contributed by atoms with E-state index in [1.54, 1.807) is 24.3 Å². The summed E-state index contributed by atoms with van der Waals surface area (Å²) in [6.07, 6.45) is 0. The Morgan fingerprint density at radius 2 is 1.48 bits per heavy atom. The minimum Gasteiger partial charge on any atom is -0.347 e. The number of carbonyl (C=O) groups is 2. The monoisotopic (exact) mass is 470 g/mol. The van der Waals surface area contributed by atoms with Gasteiger partial charge in [0.1, 0.15) is 4.88 Å². The van der Waals surface area contributed by atoms with Gasteiger partial charge in [0.15, 0.2) is 0 Å². The van der Waals surface area contributed by atoms with E-state index in [2.05, 4.69) is 10.6 Å². The van der Waals surface area contributed by atoms with Crippen molar-refractivity contribution in [2.75, 3.05) is 5.32 Å². The average molecular weight is 471 g/mol. The Morgan fingerprint density at radius 3 is 2.23 bits per heavy atom. The summed E-state index contributed by atoms with van der Waals surface area (Å²) in [7, 11) is 0. The van der Waals surface area contributed by atoms with Crippen LogP contribution in [-0.2, 0) is 0 Å². The van der Waals surface area contributed by atoms with Gasteiger partial charge < -0.3 is 10.6 Å². The first-order valence-corrected chi connectivity index (χ1v) is 11.2.